The minimum atomic E-state index is -3.30. The number of benzene rings is 1. The summed E-state index contributed by atoms with van der Waals surface area (Å²) in [6, 6.07) is 5.37. The van der Waals surface area contributed by atoms with E-state index in [1.54, 1.807) is 6.07 Å². The Kier molecular flexibility index (Phi) is 6.71. The third kappa shape index (κ3) is 4.52. The lowest BCUT2D eigenvalue weighted by atomic mass is 9.90. The molecule has 196 valence electrons. The van der Waals surface area contributed by atoms with Crippen LogP contribution in [0.4, 0.5) is 13.6 Å². The minimum Gasteiger partial charge on any atom is -0.480 e. The van der Waals surface area contributed by atoms with E-state index in [9.17, 15) is 18.5 Å². The molecule has 1 amide bonds. The first-order chi connectivity index (χ1) is 17.5. The number of rotatable bonds is 5. The molecule has 2 aromatic heterocycles. The Labute approximate surface area is 211 Å². The Morgan fingerprint density at radius 2 is 2.03 bits per heavy atom. The maximum absolute atomic E-state index is 15.2. The highest BCUT2D eigenvalue weighted by Gasteiger charge is 2.51. The Hall–Kier alpha value is -3.94. The predicted octanol–water partition coefficient (Wildman–Crippen LogP) is 3.67. The molecule has 4 rings (SSSR count). The van der Waals surface area contributed by atoms with Crippen molar-refractivity contribution in [1.29, 1.82) is 0 Å². The lowest BCUT2D eigenvalue weighted by molar-refractivity contribution is 0.199. The predicted molar refractivity (Wildman–Crippen MR) is 131 cm³/mol. The van der Waals surface area contributed by atoms with Gasteiger partial charge in [0, 0.05) is 24.2 Å². The topological polar surface area (TPSA) is 152 Å². The van der Waals surface area contributed by atoms with Crippen LogP contribution in [0.1, 0.15) is 19.4 Å². The molecule has 1 aromatic carbocycles. The average Bonchev–Trinajstić information content (AvgIpc) is 3.37. The van der Waals surface area contributed by atoms with Crippen molar-refractivity contribution in [2.45, 2.75) is 24.1 Å². The van der Waals surface area contributed by atoms with E-state index in [4.69, 9.17) is 9.26 Å². The lowest BCUT2D eigenvalue weighted by Gasteiger charge is -2.41. The molecule has 0 radical (unpaired) electrons. The summed E-state index contributed by atoms with van der Waals surface area (Å²) in [5.74, 6) is -1.03. The van der Waals surface area contributed by atoms with Gasteiger partial charge in [-0.15, -0.1) is 0 Å². The molecule has 0 saturated heterocycles. The standard InChI is InChI=1S/C23H24F2N6O5S/c1-22(2)20(29-21(32)33)30-23(11-24,12-37(22,34)26-3)14-7-13(5-6-15(14)25)18-8-16(31-36-18)17-9-28-19(35-4)10-27-17/h5-10H,11-12H2,1-4H3,(H,29,30)(H,32,33)/t23-,37-/m0/s1. The Morgan fingerprint density at radius 1 is 1.27 bits per heavy atom. The molecule has 2 N–H and O–H groups in total. The van der Waals surface area contributed by atoms with Gasteiger partial charge in [0.15, 0.2) is 5.76 Å². The van der Waals surface area contributed by atoms with Crippen molar-refractivity contribution in [3.63, 3.8) is 0 Å². The van der Waals surface area contributed by atoms with Crippen molar-refractivity contribution in [2.24, 2.45) is 9.36 Å². The monoisotopic (exact) mass is 534 g/mol. The number of nitrogens with one attached hydrogen (secondary N) is 1. The van der Waals surface area contributed by atoms with Crippen LogP contribution >= 0.6 is 0 Å². The van der Waals surface area contributed by atoms with Gasteiger partial charge >= 0.3 is 6.09 Å². The number of aromatic nitrogens is 3. The first kappa shape index (κ1) is 26.1. The quantitative estimate of drug-likeness (QED) is 0.503. The molecule has 1 aliphatic rings. The number of ether oxygens (including phenoxy) is 1. The van der Waals surface area contributed by atoms with E-state index in [0.29, 0.717) is 22.8 Å². The Balaban J connectivity index is 1.83. The summed E-state index contributed by atoms with van der Waals surface area (Å²) in [4.78, 5) is 24.0. The van der Waals surface area contributed by atoms with Gasteiger partial charge in [-0.1, -0.05) is 5.16 Å². The van der Waals surface area contributed by atoms with E-state index in [1.165, 1.54) is 52.5 Å². The molecule has 2 atom stereocenters. The molecular formula is C23H24F2N6O5S. The number of hydrogen-bond acceptors (Lipinski definition) is 9. The molecule has 3 aromatic rings. The molecule has 0 bridgehead atoms. The number of hydrogen-bond donors (Lipinski definition) is 2. The summed E-state index contributed by atoms with van der Waals surface area (Å²) in [6.45, 7) is 1.72. The maximum Gasteiger partial charge on any atom is 0.410 e. The second-order valence-electron chi connectivity index (χ2n) is 8.75. The molecule has 11 nitrogen and oxygen atoms in total. The minimum absolute atomic E-state index is 0.216. The zero-order chi connectivity index (χ0) is 27.0. The number of methoxy groups -OCH3 is 1. The molecule has 1 aliphatic heterocycles. The van der Waals surface area contributed by atoms with Crippen molar-refractivity contribution in [1.82, 2.24) is 20.4 Å². The number of carbonyl (C=O) groups is 1. The highest BCUT2D eigenvalue weighted by molar-refractivity contribution is 7.95. The summed E-state index contributed by atoms with van der Waals surface area (Å²) in [5, 5.41) is 15.4. The number of aliphatic imine (C=N–C) groups is 1. The summed E-state index contributed by atoms with van der Waals surface area (Å²) in [7, 11) is -0.550. The molecule has 0 fully saturated rings. The van der Waals surface area contributed by atoms with Crippen molar-refractivity contribution in [3.8, 4) is 28.6 Å². The maximum atomic E-state index is 15.2. The van der Waals surface area contributed by atoms with E-state index in [0.717, 1.165) is 6.07 Å². The molecular weight excluding hydrogens is 510 g/mol. The Bertz CT molecular complexity index is 1500. The van der Waals surface area contributed by atoms with Crippen LogP contribution in [0.3, 0.4) is 0 Å². The first-order valence-corrected chi connectivity index (χ1v) is 12.6. The van der Waals surface area contributed by atoms with Gasteiger partial charge in [-0.05, 0) is 32.0 Å². The van der Waals surface area contributed by atoms with Gasteiger partial charge in [0.05, 0.1) is 35.0 Å². The fraction of sp³-hybridized carbons (Fsp3) is 0.348. The third-order valence-electron chi connectivity index (χ3n) is 6.23. The molecule has 14 heteroatoms. The van der Waals surface area contributed by atoms with E-state index >= 15 is 4.39 Å². The van der Waals surface area contributed by atoms with Crippen LogP contribution in [-0.2, 0) is 15.3 Å². The summed E-state index contributed by atoms with van der Waals surface area (Å²) in [6.07, 6.45) is 1.37. The molecule has 0 spiro atoms. The number of halogens is 2. The van der Waals surface area contributed by atoms with Crippen LogP contribution in [0.2, 0.25) is 0 Å². The van der Waals surface area contributed by atoms with Crippen molar-refractivity contribution < 1.29 is 32.2 Å². The van der Waals surface area contributed by atoms with Crippen LogP contribution in [0.25, 0.3) is 22.7 Å². The zero-order valence-electron chi connectivity index (χ0n) is 20.4. The summed E-state index contributed by atoms with van der Waals surface area (Å²) >= 11 is 0. The highest BCUT2D eigenvalue weighted by Crippen LogP contribution is 2.41. The average molecular weight is 535 g/mol. The van der Waals surface area contributed by atoms with Gasteiger partial charge in [0.2, 0.25) is 5.88 Å². The lowest BCUT2D eigenvalue weighted by Crippen LogP contribution is -2.58. The number of nitrogens with zero attached hydrogens (tertiary/aromatic N) is 5. The van der Waals surface area contributed by atoms with Crippen LogP contribution in [0.15, 0.2) is 50.5 Å². The summed E-state index contributed by atoms with van der Waals surface area (Å²) < 4.78 is 56.8. The van der Waals surface area contributed by atoms with Gasteiger partial charge in [0.1, 0.15) is 40.0 Å². The fourth-order valence-electron chi connectivity index (χ4n) is 4.01. The second-order valence-corrected chi connectivity index (χ2v) is 11.7. The van der Waals surface area contributed by atoms with Crippen molar-refractivity contribution >= 4 is 21.7 Å². The largest absolute Gasteiger partial charge is 0.480 e. The van der Waals surface area contributed by atoms with Gasteiger partial charge < -0.3 is 14.4 Å². The zero-order valence-corrected chi connectivity index (χ0v) is 21.2. The number of carboxylic acid groups (broad SMARTS) is 1. The summed E-state index contributed by atoms with van der Waals surface area (Å²) in [5.41, 5.74) is -1.17. The van der Waals surface area contributed by atoms with Crippen molar-refractivity contribution in [3.05, 3.63) is 48.0 Å². The van der Waals surface area contributed by atoms with E-state index < -0.39 is 44.4 Å². The SMILES string of the molecule is CN=[S@]1(=O)C[C@@](CF)(c2cc(-c3cc(-c4cnc(OC)cn4)no3)ccc2F)N=C(NC(=O)O)C1(C)C. The van der Waals surface area contributed by atoms with Crippen molar-refractivity contribution in [2.75, 3.05) is 26.6 Å². The molecule has 0 unspecified atom stereocenters. The van der Waals surface area contributed by atoms with E-state index in [2.05, 4.69) is 29.8 Å². The van der Waals surface area contributed by atoms with Crippen LogP contribution in [-0.4, -0.2) is 67.7 Å². The number of amidine groups is 1. The Morgan fingerprint density at radius 3 is 2.62 bits per heavy atom. The van der Waals surface area contributed by atoms with Gasteiger partial charge in [-0.2, -0.15) is 0 Å². The molecule has 3 heterocycles. The second kappa shape index (κ2) is 9.50. The van der Waals surface area contributed by atoms with Crippen LogP contribution in [0, 0.1) is 5.82 Å². The normalized spacial score (nSPS) is 22.7. The fourth-order valence-corrected chi connectivity index (χ4v) is 6.30. The van der Waals surface area contributed by atoms with Gasteiger partial charge in [-0.25, -0.2) is 32.1 Å². The molecule has 0 aliphatic carbocycles. The smallest absolute Gasteiger partial charge is 0.410 e. The molecule has 0 saturated carbocycles. The van der Waals surface area contributed by atoms with E-state index in [-0.39, 0.29) is 17.2 Å². The highest BCUT2D eigenvalue weighted by atomic mass is 32.2. The number of alkyl halides is 1. The van der Waals surface area contributed by atoms with Crippen LogP contribution in [0.5, 0.6) is 5.88 Å². The molecule has 37 heavy (non-hydrogen) atoms. The van der Waals surface area contributed by atoms with E-state index in [1.807, 2.05) is 0 Å². The van der Waals surface area contributed by atoms with Crippen LogP contribution < -0.4 is 10.1 Å². The third-order valence-corrected chi connectivity index (χ3v) is 9.48. The van der Waals surface area contributed by atoms with Gasteiger partial charge in [-0.3, -0.25) is 10.3 Å². The number of amides is 1. The van der Waals surface area contributed by atoms with Gasteiger partial charge in [0.25, 0.3) is 0 Å². The first-order valence-electron chi connectivity index (χ1n) is 10.9.